The normalized spacial score (nSPS) is 20.3. The van der Waals surface area contributed by atoms with Crippen LogP contribution >= 0.6 is 22.9 Å². The van der Waals surface area contributed by atoms with Gasteiger partial charge in [0.15, 0.2) is 0 Å². The molecule has 2 saturated heterocycles. The number of rotatable bonds is 4. The second-order valence-electron chi connectivity index (χ2n) is 6.64. The number of amides is 2. The van der Waals surface area contributed by atoms with E-state index in [0.29, 0.717) is 6.42 Å². The number of thiophene rings is 1. The summed E-state index contributed by atoms with van der Waals surface area (Å²) in [5, 5.41) is 0. The van der Waals surface area contributed by atoms with Crippen LogP contribution in [-0.2, 0) is 16.1 Å². The largest absolute Gasteiger partial charge is 0.333 e. The van der Waals surface area contributed by atoms with Crippen molar-refractivity contribution in [2.75, 3.05) is 39.3 Å². The van der Waals surface area contributed by atoms with E-state index in [1.807, 2.05) is 11.0 Å². The van der Waals surface area contributed by atoms with Crippen LogP contribution in [0.15, 0.2) is 12.1 Å². The summed E-state index contributed by atoms with van der Waals surface area (Å²) < 4.78 is 0.834. The highest BCUT2D eigenvalue weighted by molar-refractivity contribution is 7.16. The van der Waals surface area contributed by atoms with Crippen LogP contribution in [0, 0.1) is 0 Å². The summed E-state index contributed by atoms with van der Waals surface area (Å²) in [6.45, 7) is 5.42. The number of nitrogens with zero attached hydrogens (tertiary/aromatic N) is 2. The van der Waals surface area contributed by atoms with Gasteiger partial charge in [-0.25, -0.2) is 0 Å². The van der Waals surface area contributed by atoms with Crippen molar-refractivity contribution in [2.45, 2.75) is 32.2 Å². The lowest BCUT2D eigenvalue weighted by Gasteiger charge is -2.33. The zero-order valence-electron chi connectivity index (χ0n) is 13.9. The first-order valence-electron chi connectivity index (χ1n) is 8.75. The third-order valence-corrected chi connectivity index (χ3v) is 6.10. The standard InChI is InChI=1S/C17H24ClN3O2S/c18-15-6-5-14(24-15)12-19-8-10-20(11-9-19)17(23)13-21-7-3-1-2-4-16(21)22/h5-6H,1-4,7-13H2/p+1. The molecular weight excluding hydrogens is 346 g/mol. The number of piperazine rings is 1. The molecule has 3 heterocycles. The van der Waals surface area contributed by atoms with Crippen molar-refractivity contribution >= 4 is 34.8 Å². The highest BCUT2D eigenvalue weighted by Gasteiger charge is 2.27. The van der Waals surface area contributed by atoms with Crippen molar-refractivity contribution in [2.24, 2.45) is 0 Å². The topological polar surface area (TPSA) is 45.1 Å². The molecular formula is C17H25ClN3O2S+. The number of hydrogen-bond acceptors (Lipinski definition) is 3. The molecule has 0 aliphatic carbocycles. The van der Waals surface area contributed by atoms with Gasteiger partial charge in [0.25, 0.3) is 0 Å². The summed E-state index contributed by atoms with van der Waals surface area (Å²) in [5.74, 6) is 0.239. The molecule has 0 unspecified atom stereocenters. The van der Waals surface area contributed by atoms with Crippen LogP contribution in [0.5, 0.6) is 0 Å². The summed E-state index contributed by atoms with van der Waals surface area (Å²) in [6.07, 6.45) is 3.65. The number of carbonyl (C=O) groups is 2. The van der Waals surface area contributed by atoms with E-state index in [2.05, 4.69) is 6.07 Å². The van der Waals surface area contributed by atoms with Crippen LogP contribution in [0.2, 0.25) is 4.34 Å². The molecule has 2 aliphatic rings. The van der Waals surface area contributed by atoms with Gasteiger partial charge in [0.1, 0.15) is 6.54 Å². The van der Waals surface area contributed by atoms with Crippen molar-refractivity contribution < 1.29 is 14.5 Å². The zero-order valence-corrected chi connectivity index (χ0v) is 15.5. The lowest BCUT2D eigenvalue weighted by atomic mass is 10.2. The number of halogens is 1. The third kappa shape index (κ3) is 4.71. The maximum atomic E-state index is 12.5. The molecule has 0 aromatic carbocycles. The second-order valence-corrected chi connectivity index (χ2v) is 8.44. The Labute approximate surface area is 152 Å². The van der Waals surface area contributed by atoms with E-state index in [1.54, 1.807) is 16.2 Å². The van der Waals surface area contributed by atoms with Crippen LogP contribution in [0.1, 0.15) is 30.6 Å². The summed E-state index contributed by atoms with van der Waals surface area (Å²) in [6, 6.07) is 4.03. The van der Waals surface area contributed by atoms with E-state index in [1.165, 1.54) is 9.78 Å². The van der Waals surface area contributed by atoms with Gasteiger partial charge in [0.2, 0.25) is 11.8 Å². The van der Waals surface area contributed by atoms with Crippen LogP contribution in [-0.4, -0.2) is 60.9 Å². The Bertz CT molecular complexity index is 584. The molecule has 0 atom stereocenters. The summed E-state index contributed by atoms with van der Waals surface area (Å²) in [5.41, 5.74) is 0. The fourth-order valence-corrected chi connectivity index (χ4v) is 4.57. The highest BCUT2D eigenvalue weighted by atomic mass is 35.5. The predicted octanol–water partition coefficient (Wildman–Crippen LogP) is 1.03. The van der Waals surface area contributed by atoms with Gasteiger partial charge in [-0.05, 0) is 25.0 Å². The maximum Gasteiger partial charge on any atom is 0.242 e. The van der Waals surface area contributed by atoms with Crippen molar-refractivity contribution in [3.63, 3.8) is 0 Å². The molecule has 0 spiro atoms. The minimum atomic E-state index is 0.100. The first-order valence-corrected chi connectivity index (χ1v) is 9.94. The Morgan fingerprint density at radius 3 is 2.67 bits per heavy atom. The van der Waals surface area contributed by atoms with E-state index in [0.717, 1.165) is 62.9 Å². The molecule has 0 bridgehead atoms. The number of hydrogen-bond donors (Lipinski definition) is 1. The summed E-state index contributed by atoms with van der Waals surface area (Å²) >= 11 is 7.62. The van der Waals surface area contributed by atoms with Crippen molar-refractivity contribution in [3.05, 3.63) is 21.3 Å². The Balaban J connectivity index is 1.45. The molecule has 2 amide bonds. The number of nitrogens with one attached hydrogen (secondary N) is 1. The van der Waals surface area contributed by atoms with E-state index >= 15 is 0 Å². The van der Waals surface area contributed by atoms with Crippen molar-refractivity contribution in [1.82, 2.24) is 9.80 Å². The van der Waals surface area contributed by atoms with Gasteiger partial charge < -0.3 is 14.7 Å². The van der Waals surface area contributed by atoms with Gasteiger partial charge >= 0.3 is 0 Å². The number of carbonyl (C=O) groups excluding carboxylic acids is 2. The van der Waals surface area contributed by atoms with Crippen LogP contribution < -0.4 is 4.90 Å². The van der Waals surface area contributed by atoms with Gasteiger partial charge in [-0.2, -0.15) is 0 Å². The number of likely N-dealkylation sites (tertiary alicyclic amines) is 1. The second kappa shape index (κ2) is 8.32. The molecule has 2 aliphatic heterocycles. The molecule has 7 heteroatoms. The first kappa shape index (κ1) is 17.7. The quantitative estimate of drug-likeness (QED) is 0.860. The van der Waals surface area contributed by atoms with E-state index in [9.17, 15) is 9.59 Å². The van der Waals surface area contributed by atoms with Crippen LogP contribution in [0.25, 0.3) is 0 Å². The van der Waals surface area contributed by atoms with E-state index in [4.69, 9.17) is 11.6 Å². The van der Waals surface area contributed by atoms with E-state index in [-0.39, 0.29) is 18.4 Å². The molecule has 24 heavy (non-hydrogen) atoms. The lowest BCUT2D eigenvalue weighted by molar-refractivity contribution is -0.917. The smallest absolute Gasteiger partial charge is 0.242 e. The molecule has 0 saturated carbocycles. The first-order chi connectivity index (χ1) is 11.6. The minimum absolute atomic E-state index is 0.100. The van der Waals surface area contributed by atoms with Crippen LogP contribution in [0.4, 0.5) is 0 Å². The van der Waals surface area contributed by atoms with E-state index < -0.39 is 0 Å². The van der Waals surface area contributed by atoms with Gasteiger partial charge in [-0.1, -0.05) is 18.0 Å². The zero-order chi connectivity index (χ0) is 16.9. The highest BCUT2D eigenvalue weighted by Crippen LogP contribution is 2.20. The van der Waals surface area contributed by atoms with Gasteiger partial charge in [-0.15, -0.1) is 11.3 Å². The molecule has 132 valence electrons. The van der Waals surface area contributed by atoms with Gasteiger partial charge in [-0.3, -0.25) is 9.59 Å². The average Bonchev–Trinajstić information content (AvgIpc) is 2.87. The van der Waals surface area contributed by atoms with Gasteiger partial charge in [0.05, 0.1) is 41.9 Å². The summed E-state index contributed by atoms with van der Waals surface area (Å²) in [7, 11) is 0. The Morgan fingerprint density at radius 2 is 1.96 bits per heavy atom. The Morgan fingerprint density at radius 1 is 1.17 bits per heavy atom. The molecule has 3 rings (SSSR count). The number of quaternary nitrogens is 1. The molecule has 2 fully saturated rings. The SMILES string of the molecule is O=C(CN1CCCCCC1=O)N1CC[NH+](Cc2ccc(Cl)s2)CC1. The minimum Gasteiger partial charge on any atom is -0.333 e. The fraction of sp³-hybridized carbons (Fsp3) is 0.647. The summed E-state index contributed by atoms with van der Waals surface area (Å²) in [4.78, 5) is 31.0. The van der Waals surface area contributed by atoms with Crippen LogP contribution in [0.3, 0.4) is 0 Å². The molecule has 1 N–H and O–H groups in total. The van der Waals surface area contributed by atoms with Gasteiger partial charge in [0, 0.05) is 13.0 Å². The van der Waals surface area contributed by atoms with Crippen molar-refractivity contribution in [1.29, 1.82) is 0 Å². The molecule has 1 aromatic heterocycles. The third-order valence-electron chi connectivity index (χ3n) is 4.87. The average molecular weight is 371 g/mol. The predicted molar refractivity (Wildman–Crippen MR) is 95.4 cm³/mol. The molecule has 5 nitrogen and oxygen atoms in total. The molecule has 1 aromatic rings. The maximum absolute atomic E-state index is 12.5. The Kier molecular flexibility index (Phi) is 6.14. The lowest BCUT2D eigenvalue weighted by Crippen LogP contribution is -3.13. The molecule has 0 radical (unpaired) electrons. The monoisotopic (exact) mass is 370 g/mol. The fourth-order valence-electron chi connectivity index (χ4n) is 3.41. The van der Waals surface area contributed by atoms with Crippen molar-refractivity contribution in [3.8, 4) is 0 Å². The Hall–Kier alpha value is -1.11.